The van der Waals surface area contributed by atoms with Gasteiger partial charge in [-0.3, -0.25) is 0 Å². The van der Waals surface area contributed by atoms with Gasteiger partial charge in [-0.2, -0.15) is 13.2 Å². The molecule has 24 heavy (non-hydrogen) atoms. The molecule has 2 aromatic rings. The Balaban J connectivity index is 1.83. The van der Waals surface area contributed by atoms with Crippen LogP contribution in [0.2, 0.25) is 0 Å². The summed E-state index contributed by atoms with van der Waals surface area (Å²) in [5.41, 5.74) is 1.72. The molecule has 0 bridgehead atoms. The standard InChI is InChI=1S/C19H20F3NO/c1-23(2)12-14-11-13-5-3-4-6-17(13)18(14)24-16-9-7-15(8-10-16)19(20,21)22/h3-10,14,18H,11-12H2,1-2H3/t14-,18+/m1/s1. The summed E-state index contributed by atoms with van der Waals surface area (Å²) >= 11 is 0. The van der Waals surface area contributed by atoms with Crippen molar-refractivity contribution in [3.63, 3.8) is 0 Å². The Hall–Kier alpha value is -2.01. The van der Waals surface area contributed by atoms with Crippen molar-refractivity contribution in [1.82, 2.24) is 4.90 Å². The van der Waals surface area contributed by atoms with Crippen molar-refractivity contribution >= 4 is 0 Å². The van der Waals surface area contributed by atoms with Gasteiger partial charge in [0.25, 0.3) is 0 Å². The number of ether oxygens (including phenoxy) is 1. The third-order valence-corrected chi connectivity index (χ3v) is 4.32. The average molecular weight is 335 g/mol. The normalized spacial score (nSPS) is 20.2. The molecule has 0 fully saturated rings. The van der Waals surface area contributed by atoms with E-state index in [0.717, 1.165) is 30.7 Å². The molecule has 5 heteroatoms. The fourth-order valence-electron chi connectivity index (χ4n) is 3.30. The molecular formula is C19H20F3NO. The third kappa shape index (κ3) is 3.56. The lowest BCUT2D eigenvalue weighted by atomic mass is 10.0. The maximum atomic E-state index is 12.7. The van der Waals surface area contributed by atoms with Crippen LogP contribution in [0.4, 0.5) is 13.2 Å². The van der Waals surface area contributed by atoms with Crippen molar-refractivity contribution in [3.8, 4) is 5.75 Å². The monoisotopic (exact) mass is 335 g/mol. The van der Waals surface area contributed by atoms with Crippen LogP contribution in [0.25, 0.3) is 0 Å². The Labute approximate surface area is 139 Å². The Morgan fingerprint density at radius 1 is 1.04 bits per heavy atom. The van der Waals surface area contributed by atoms with Gasteiger partial charge < -0.3 is 9.64 Å². The topological polar surface area (TPSA) is 12.5 Å². The van der Waals surface area contributed by atoms with E-state index in [1.165, 1.54) is 17.7 Å². The molecule has 0 unspecified atom stereocenters. The van der Waals surface area contributed by atoms with Crippen LogP contribution in [0.3, 0.4) is 0 Å². The van der Waals surface area contributed by atoms with E-state index in [1.54, 1.807) is 0 Å². The minimum Gasteiger partial charge on any atom is -0.485 e. The highest BCUT2D eigenvalue weighted by Crippen LogP contribution is 2.40. The minimum absolute atomic E-state index is 0.139. The molecule has 1 aliphatic carbocycles. The molecule has 0 saturated carbocycles. The van der Waals surface area contributed by atoms with E-state index >= 15 is 0 Å². The van der Waals surface area contributed by atoms with Crippen LogP contribution in [0.15, 0.2) is 48.5 Å². The summed E-state index contributed by atoms with van der Waals surface area (Å²) in [6.45, 7) is 0.861. The van der Waals surface area contributed by atoms with Gasteiger partial charge in [-0.15, -0.1) is 0 Å². The largest absolute Gasteiger partial charge is 0.485 e. The fourth-order valence-corrected chi connectivity index (χ4v) is 3.30. The van der Waals surface area contributed by atoms with Crippen molar-refractivity contribution < 1.29 is 17.9 Å². The first-order valence-electron chi connectivity index (χ1n) is 7.91. The fraction of sp³-hybridized carbons (Fsp3) is 0.368. The average Bonchev–Trinajstić information content (AvgIpc) is 2.84. The van der Waals surface area contributed by atoms with E-state index in [-0.39, 0.29) is 12.0 Å². The van der Waals surface area contributed by atoms with Crippen molar-refractivity contribution in [2.45, 2.75) is 18.7 Å². The molecule has 3 rings (SSSR count). The van der Waals surface area contributed by atoms with Crippen LogP contribution in [0.5, 0.6) is 5.75 Å². The van der Waals surface area contributed by atoms with Gasteiger partial charge in [0.1, 0.15) is 11.9 Å². The highest BCUT2D eigenvalue weighted by molar-refractivity contribution is 5.37. The first kappa shape index (κ1) is 16.8. The Morgan fingerprint density at radius 3 is 2.33 bits per heavy atom. The molecule has 0 aliphatic heterocycles. The lowest BCUT2D eigenvalue weighted by molar-refractivity contribution is -0.137. The third-order valence-electron chi connectivity index (χ3n) is 4.32. The van der Waals surface area contributed by atoms with Gasteiger partial charge in [-0.1, -0.05) is 24.3 Å². The number of alkyl halides is 3. The maximum absolute atomic E-state index is 12.7. The number of hydrogen-bond acceptors (Lipinski definition) is 2. The number of nitrogens with zero attached hydrogens (tertiary/aromatic N) is 1. The van der Waals surface area contributed by atoms with E-state index in [9.17, 15) is 13.2 Å². The Morgan fingerprint density at radius 2 is 1.71 bits per heavy atom. The first-order chi connectivity index (χ1) is 11.3. The number of halogens is 3. The van der Waals surface area contributed by atoms with Crippen LogP contribution in [0.1, 0.15) is 22.8 Å². The summed E-state index contributed by atoms with van der Waals surface area (Å²) in [4.78, 5) is 2.11. The molecule has 2 nitrogen and oxygen atoms in total. The summed E-state index contributed by atoms with van der Waals surface area (Å²) < 4.78 is 44.1. The van der Waals surface area contributed by atoms with Gasteiger partial charge in [-0.05, 0) is 55.9 Å². The van der Waals surface area contributed by atoms with Gasteiger partial charge in [0, 0.05) is 12.5 Å². The van der Waals surface area contributed by atoms with Gasteiger partial charge in [0.15, 0.2) is 0 Å². The molecule has 0 radical (unpaired) electrons. The summed E-state index contributed by atoms with van der Waals surface area (Å²) in [5, 5.41) is 0. The molecule has 0 N–H and O–H groups in total. The van der Waals surface area contributed by atoms with E-state index < -0.39 is 11.7 Å². The summed E-state index contributed by atoms with van der Waals surface area (Å²) in [6, 6.07) is 13.0. The quantitative estimate of drug-likeness (QED) is 0.812. The molecule has 0 heterocycles. The molecular weight excluding hydrogens is 315 g/mol. The van der Waals surface area contributed by atoms with Gasteiger partial charge >= 0.3 is 6.18 Å². The number of rotatable bonds is 4. The predicted molar refractivity (Wildman–Crippen MR) is 87.0 cm³/mol. The zero-order chi connectivity index (χ0) is 17.3. The van der Waals surface area contributed by atoms with E-state index in [4.69, 9.17) is 4.74 Å². The van der Waals surface area contributed by atoms with E-state index in [0.29, 0.717) is 5.75 Å². The molecule has 0 aromatic heterocycles. The van der Waals surface area contributed by atoms with Gasteiger partial charge in [-0.25, -0.2) is 0 Å². The highest BCUT2D eigenvalue weighted by Gasteiger charge is 2.35. The van der Waals surface area contributed by atoms with Gasteiger partial charge in [0.05, 0.1) is 5.56 Å². The predicted octanol–water partition coefficient (Wildman–Crippen LogP) is 4.56. The molecule has 2 aromatic carbocycles. The van der Waals surface area contributed by atoms with Crippen molar-refractivity contribution in [1.29, 1.82) is 0 Å². The second-order valence-corrected chi connectivity index (χ2v) is 6.49. The number of fused-ring (bicyclic) bond motifs is 1. The Bertz CT molecular complexity index is 695. The molecule has 1 aliphatic rings. The first-order valence-corrected chi connectivity index (χ1v) is 7.91. The minimum atomic E-state index is -4.33. The van der Waals surface area contributed by atoms with Crippen LogP contribution in [-0.4, -0.2) is 25.5 Å². The van der Waals surface area contributed by atoms with E-state index in [2.05, 4.69) is 11.0 Å². The molecule has 0 saturated heterocycles. The second kappa shape index (κ2) is 6.48. The zero-order valence-corrected chi connectivity index (χ0v) is 13.7. The molecule has 0 spiro atoms. The van der Waals surface area contributed by atoms with Crippen LogP contribution >= 0.6 is 0 Å². The van der Waals surface area contributed by atoms with Crippen LogP contribution in [0, 0.1) is 5.92 Å². The van der Waals surface area contributed by atoms with Crippen LogP contribution in [-0.2, 0) is 12.6 Å². The number of hydrogen-bond donors (Lipinski definition) is 0. The smallest absolute Gasteiger partial charge is 0.416 e. The van der Waals surface area contributed by atoms with Crippen molar-refractivity contribution in [2.24, 2.45) is 5.92 Å². The lowest BCUT2D eigenvalue weighted by Crippen LogP contribution is -2.27. The SMILES string of the molecule is CN(C)C[C@H]1Cc2ccccc2[C@H]1Oc1ccc(C(F)(F)F)cc1. The number of benzene rings is 2. The summed E-state index contributed by atoms with van der Waals surface area (Å²) in [7, 11) is 4.02. The second-order valence-electron chi connectivity index (χ2n) is 6.49. The zero-order valence-electron chi connectivity index (χ0n) is 13.7. The summed E-state index contributed by atoms with van der Waals surface area (Å²) in [5.74, 6) is 0.744. The van der Waals surface area contributed by atoms with Gasteiger partial charge in [0.2, 0.25) is 0 Å². The maximum Gasteiger partial charge on any atom is 0.416 e. The molecule has 128 valence electrons. The Kier molecular flexibility index (Phi) is 4.54. The van der Waals surface area contributed by atoms with Crippen molar-refractivity contribution in [3.05, 3.63) is 65.2 Å². The highest BCUT2D eigenvalue weighted by atomic mass is 19.4. The van der Waals surface area contributed by atoms with E-state index in [1.807, 2.05) is 32.3 Å². The molecule has 0 amide bonds. The van der Waals surface area contributed by atoms with Crippen molar-refractivity contribution in [2.75, 3.05) is 20.6 Å². The lowest BCUT2D eigenvalue weighted by Gasteiger charge is -2.25. The molecule has 2 atom stereocenters. The van der Waals surface area contributed by atoms with Crippen LogP contribution < -0.4 is 4.74 Å². The summed E-state index contributed by atoms with van der Waals surface area (Å²) in [6.07, 6.45) is -3.55.